The van der Waals surface area contributed by atoms with Gasteiger partial charge in [0.05, 0.1) is 0 Å². The van der Waals surface area contributed by atoms with Gasteiger partial charge in [0.25, 0.3) is 0 Å². The Morgan fingerprint density at radius 3 is 1.25 bits per heavy atom. The molecule has 0 rings (SSSR count). The van der Waals surface area contributed by atoms with Crippen molar-refractivity contribution in [3.8, 4) is 0 Å². The molecule has 0 aliphatic carbocycles. The molecule has 0 nitrogen and oxygen atoms in total. The van der Waals surface area contributed by atoms with Crippen LogP contribution in [-0.2, 0) is 0 Å². The number of halogens is 2. The summed E-state index contributed by atoms with van der Waals surface area (Å²) in [6.07, 6.45) is 0. The van der Waals surface area contributed by atoms with Gasteiger partial charge in [-0.1, -0.05) is 0 Å². The van der Waals surface area contributed by atoms with Crippen molar-refractivity contribution in [2.24, 2.45) is 0 Å². The van der Waals surface area contributed by atoms with Crippen molar-refractivity contribution >= 4 is 41.3 Å². The molecule has 4 heteroatoms. The van der Waals surface area contributed by atoms with Gasteiger partial charge < -0.3 is 0 Å². The molecule has 0 amide bonds. The normalized spacial score (nSPS) is 4.50. The lowest BCUT2D eigenvalue weighted by Gasteiger charge is -1.39. The molecule has 0 aliphatic rings. The Balaban J connectivity index is 0. The molecule has 4 radical (unpaired) electrons. The van der Waals surface area contributed by atoms with E-state index in [4.69, 9.17) is 22.2 Å². The lowest BCUT2D eigenvalue weighted by molar-refractivity contribution is 4.39. The molecule has 0 aromatic rings. The second-order valence-corrected chi connectivity index (χ2v) is 2.73. The van der Waals surface area contributed by atoms with Crippen LogP contribution >= 0.6 is 22.2 Å². The largest absolute Gasteiger partial charge is 0.222 e. The third-order valence-corrected chi connectivity index (χ3v) is 0. The van der Waals surface area contributed by atoms with Gasteiger partial charge in [0.2, 0.25) is 8.14 Å². The highest BCUT2D eigenvalue weighted by Gasteiger charge is 1.46. The Kier molecular flexibility index (Phi) is 20.0. The van der Waals surface area contributed by atoms with E-state index in [2.05, 4.69) is 0 Å². The van der Waals surface area contributed by atoms with Crippen LogP contribution in [0.1, 0.15) is 0 Å². The predicted molar refractivity (Wildman–Crippen MR) is 26.0 cm³/mol. The molecule has 4 heavy (non-hydrogen) atoms. The fourth-order valence-corrected chi connectivity index (χ4v) is 0. The summed E-state index contributed by atoms with van der Waals surface area (Å²) in [6, 6.07) is 0. The van der Waals surface area contributed by atoms with Crippen LogP contribution in [0.15, 0.2) is 0 Å². The maximum absolute atomic E-state index is 4.90. The van der Waals surface area contributed by atoms with E-state index in [0.717, 1.165) is 0 Å². The molecule has 0 spiro atoms. The molecular formula is H2Cl2Si2. The summed E-state index contributed by atoms with van der Waals surface area (Å²) in [7, 11) is -0.639. The Morgan fingerprint density at radius 2 is 1.25 bits per heavy atom. The van der Waals surface area contributed by atoms with Crippen LogP contribution in [-0.4, -0.2) is 19.1 Å². The van der Waals surface area contributed by atoms with Crippen molar-refractivity contribution in [3.05, 3.63) is 0 Å². The quantitative estimate of drug-likeness (QED) is 0.321. The van der Waals surface area contributed by atoms with E-state index >= 15 is 0 Å². The van der Waals surface area contributed by atoms with E-state index in [1.165, 1.54) is 0 Å². The van der Waals surface area contributed by atoms with E-state index in [-0.39, 0.29) is 11.0 Å². The molecule has 0 fully saturated rings. The average Bonchev–Trinajstić information content (AvgIpc) is 0.918. The lowest BCUT2D eigenvalue weighted by atomic mass is 27.8. The fraction of sp³-hybridized carbons (Fsp3) is 0. The molecule has 0 aliphatic heterocycles. The molecule has 0 aromatic carbocycles. The zero-order chi connectivity index (χ0) is 2.71. The summed E-state index contributed by atoms with van der Waals surface area (Å²) in [4.78, 5) is 0. The summed E-state index contributed by atoms with van der Waals surface area (Å²) in [5, 5.41) is 0. The minimum absolute atomic E-state index is 0. The van der Waals surface area contributed by atoms with Crippen molar-refractivity contribution in [1.82, 2.24) is 0 Å². The van der Waals surface area contributed by atoms with E-state index in [1.54, 1.807) is 0 Å². The van der Waals surface area contributed by atoms with Crippen molar-refractivity contribution in [2.75, 3.05) is 0 Å². The highest BCUT2D eigenvalue weighted by atomic mass is 35.7. The zero-order valence-electron chi connectivity index (χ0n) is 1.96. The third-order valence-electron chi connectivity index (χ3n) is 0. The molecule has 0 atom stereocenters. The number of hydrogen-bond acceptors (Lipinski definition) is 0. The summed E-state index contributed by atoms with van der Waals surface area (Å²) >= 11 is 9.81. The van der Waals surface area contributed by atoms with Crippen molar-refractivity contribution in [3.63, 3.8) is 0 Å². The zero-order valence-corrected chi connectivity index (χ0v) is 5.89. The second-order valence-electron chi connectivity index (χ2n) is 0.101. The minimum Gasteiger partial charge on any atom is -0.155 e. The van der Waals surface area contributed by atoms with Gasteiger partial charge in [-0.25, -0.2) is 0 Å². The monoisotopic (exact) mass is 128 g/mol. The molecule has 0 saturated heterocycles. The second kappa shape index (κ2) is 8.99. The van der Waals surface area contributed by atoms with Gasteiger partial charge in [-0.15, -0.1) is 0 Å². The molecular weight excluding hydrogens is 127 g/mol. The SMILES string of the molecule is Cl[SiH2]Cl.[Si]. The predicted octanol–water partition coefficient (Wildman–Crippen LogP) is 0.0820. The smallest absolute Gasteiger partial charge is 0.155 e. The van der Waals surface area contributed by atoms with E-state index in [0.29, 0.717) is 0 Å². The highest BCUT2D eigenvalue weighted by molar-refractivity contribution is 7.22. The molecule has 0 unspecified atom stereocenters. The first-order chi connectivity index (χ1) is 1.41. The Labute approximate surface area is 41.7 Å². The van der Waals surface area contributed by atoms with Crippen LogP contribution in [0, 0.1) is 0 Å². The van der Waals surface area contributed by atoms with Crippen LogP contribution in [0.25, 0.3) is 0 Å². The summed E-state index contributed by atoms with van der Waals surface area (Å²) in [5.41, 5.74) is 0. The van der Waals surface area contributed by atoms with Crippen LogP contribution < -0.4 is 0 Å². The number of rotatable bonds is 0. The van der Waals surface area contributed by atoms with Gasteiger partial charge in [0, 0.05) is 11.0 Å². The maximum Gasteiger partial charge on any atom is 0.222 e. The van der Waals surface area contributed by atoms with Gasteiger partial charge in [-0.05, 0) is 0 Å². The van der Waals surface area contributed by atoms with Crippen molar-refractivity contribution in [2.45, 2.75) is 0 Å². The lowest BCUT2D eigenvalue weighted by Crippen LogP contribution is -1.36. The molecule has 0 bridgehead atoms. The Hall–Kier alpha value is 1.01. The van der Waals surface area contributed by atoms with Crippen LogP contribution in [0.3, 0.4) is 0 Å². The van der Waals surface area contributed by atoms with E-state index < -0.39 is 8.14 Å². The molecule has 0 aromatic heterocycles. The van der Waals surface area contributed by atoms with Crippen LogP contribution in [0.2, 0.25) is 0 Å². The van der Waals surface area contributed by atoms with Crippen LogP contribution in [0.4, 0.5) is 0 Å². The van der Waals surface area contributed by atoms with Crippen molar-refractivity contribution < 1.29 is 0 Å². The third kappa shape index (κ3) is 11.9. The van der Waals surface area contributed by atoms with E-state index in [1.807, 2.05) is 0 Å². The van der Waals surface area contributed by atoms with Gasteiger partial charge in [0.15, 0.2) is 0 Å². The van der Waals surface area contributed by atoms with Gasteiger partial charge in [0.1, 0.15) is 0 Å². The van der Waals surface area contributed by atoms with Crippen LogP contribution in [0.5, 0.6) is 0 Å². The van der Waals surface area contributed by atoms with Gasteiger partial charge in [-0.3, -0.25) is 0 Å². The van der Waals surface area contributed by atoms with Crippen molar-refractivity contribution in [1.29, 1.82) is 0 Å². The molecule has 0 heterocycles. The standard InChI is InChI=1S/Cl2H2Si.Si/c1-3-2;/h3H2;. The maximum atomic E-state index is 4.90. The first-order valence-corrected chi connectivity index (χ1v) is 4.81. The Morgan fingerprint density at radius 1 is 1.25 bits per heavy atom. The fourth-order valence-electron chi connectivity index (χ4n) is 0. The van der Waals surface area contributed by atoms with Gasteiger partial charge >= 0.3 is 0 Å². The highest BCUT2D eigenvalue weighted by Crippen LogP contribution is 1.67. The molecule has 0 saturated carbocycles. The summed E-state index contributed by atoms with van der Waals surface area (Å²) < 4.78 is 0. The average molecular weight is 129 g/mol. The van der Waals surface area contributed by atoms with Gasteiger partial charge in [-0.2, -0.15) is 22.2 Å². The molecule has 0 N–H and O–H groups in total. The first kappa shape index (κ1) is 8.89. The Bertz CT molecular complexity index is 4.00. The summed E-state index contributed by atoms with van der Waals surface area (Å²) in [6.45, 7) is 0. The number of hydrogen-bond donors (Lipinski definition) is 0. The first-order valence-electron chi connectivity index (χ1n) is 0.535. The molecule has 24 valence electrons. The minimum atomic E-state index is -0.639. The summed E-state index contributed by atoms with van der Waals surface area (Å²) in [5.74, 6) is 0. The topological polar surface area (TPSA) is 0 Å². The van der Waals surface area contributed by atoms with E-state index in [9.17, 15) is 0 Å².